The summed E-state index contributed by atoms with van der Waals surface area (Å²) in [6.45, 7) is 7.23. The average molecular weight is 351 g/mol. The highest BCUT2D eigenvalue weighted by Gasteiger charge is 2.20. The highest BCUT2D eigenvalue weighted by molar-refractivity contribution is 6.07. The van der Waals surface area contributed by atoms with E-state index >= 15 is 0 Å². The Labute approximate surface area is 151 Å². The predicted octanol–water partition coefficient (Wildman–Crippen LogP) is 4.08. The van der Waals surface area contributed by atoms with Crippen LogP contribution >= 0.6 is 0 Å². The molecule has 0 spiro atoms. The standard InChI is InChI=1S/C20H21N3O3/c1-12-5-6-14(19(25)26-20(2,3)4)10-16(12)18(24)23-15-9-13-7-8-21-17(13)22-11-15/h5-11H,1-4H3,(H,21,22)(H,23,24). The summed E-state index contributed by atoms with van der Waals surface area (Å²) in [5.74, 6) is -0.758. The molecular formula is C20H21N3O3. The molecule has 0 bridgehead atoms. The lowest BCUT2D eigenvalue weighted by Gasteiger charge is -2.19. The summed E-state index contributed by atoms with van der Waals surface area (Å²) in [5, 5.41) is 3.73. The number of carbonyl (C=O) groups excluding carboxylic acids is 2. The second kappa shape index (κ2) is 6.63. The topological polar surface area (TPSA) is 84.1 Å². The Kier molecular flexibility index (Phi) is 4.50. The van der Waals surface area contributed by atoms with Crippen LogP contribution in [0.1, 0.15) is 47.1 Å². The van der Waals surface area contributed by atoms with Gasteiger partial charge in [-0.1, -0.05) is 6.07 Å². The van der Waals surface area contributed by atoms with Crippen molar-refractivity contribution >= 4 is 28.6 Å². The van der Waals surface area contributed by atoms with Gasteiger partial charge in [-0.25, -0.2) is 9.78 Å². The number of aryl methyl sites for hydroxylation is 1. The number of hydrogen-bond acceptors (Lipinski definition) is 4. The van der Waals surface area contributed by atoms with Crippen LogP contribution in [0, 0.1) is 6.92 Å². The van der Waals surface area contributed by atoms with Crippen molar-refractivity contribution in [3.05, 3.63) is 59.4 Å². The number of nitrogens with zero attached hydrogens (tertiary/aromatic N) is 1. The number of amides is 1. The van der Waals surface area contributed by atoms with Gasteiger partial charge in [-0.15, -0.1) is 0 Å². The molecule has 2 N–H and O–H groups in total. The van der Waals surface area contributed by atoms with E-state index in [1.165, 1.54) is 0 Å². The molecule has 3 rings (SSSR count). The Morgan fingerprint density at radius 2 is 1.92 bits per heavy atom. The van der Waals surface area contributed by atoms with Gasteiger partial charge >= 0.3 is 5.97 Å². The van der Waals surface area contributed by atoms with Crippen LogP contribution in [0.5, 0.6) is 0 Å². The number of nitrogens with one attached hydrogen (secondary N) is 2. The third kappa shape index (κ3) is 3.91. The number of fused-ring (bicyclic) bond motifs is 1. The summed E-state index contributed by atoms with van der Waals surface area (Å²) in [7, 11) is 0. The van der Waals surface area contributed by atoms with Crippen molar-refractivity contribution in [3.63, 3.8) is 0 Å². The van der Waals surface area contributed by atoms with E-state index in [-0.39, 0.29) is 5.91 Å². The van der Waals surface area contributed by atoms with E-state index in [1.807, 2.05) is 19.1 Å². The molecule has 0 saturated carbocycles. The number of hydrogen-bond donors (Lipinski definition) is 2. The molecule has 134 valence electrons. The lowest BCUT2D eigenvalue weighted by atomic mass is 10.0. The Morgan fingerprint density at radius 1 is 1.15 bits per heavy atom. The molecule has 2 aromatic heterocycles. The zero-order valence-electron chi connectivity index (χ0n) is 15.2. The molecule has 0 unspecified atom stereocenters. The van der Waals surface area contributed by atoms with Crippen LogP contribution in [0.15, 0.2) is 42.7 Å². The highest BCUT2D eigenvalue weighted by atomic mass is 16.6. The van der Waals surface area contributed by atoms with Gasteiger partial charge in [0.15, 0.2) is 0 Å². The molecule has 6 nitrogen and oxygen atoms in total. The molecule has 0 radical (unpaired) electrons. The maximum absolute atomic E-state index is 12.7. The van der Waals surface area contributed by atoms with E-state index in [9.17, 15) is 9.59 Å². The van der Waals surface area contributed by atoms with Gasteiger partial charge in [0.2, 0.25) is 0 Å². The summed E-state index contributed by atoms with van der Waals surface area (Å²) in [6.07, 6.45) is 3.38. The zero-order chi connectivity index (χ0) is 18.9. The smallest absolute Gasteiger partial charge is 0.338 e. The van der Waals surface area contributed by atoms with E-state index in [4.69, 9.17) is 4.74 Å². The van der Waals surface area contributed by atoms with Crippen molar-refractivity contribution in [1.29, 1.82) is 0 Å². The minimum atomic E-state index is -0.595. The lowest BCUT2D eigenvalue weighted by Crippen LogP contribution is -2.24. The van der Waals surface area contributed by atoms with Crippen LogP contribution < -0.4 is 5.32 Å². The van der Waals surface area contributed by atoms with Gasteiger partial charge in [0, 0.05) is 17.1 Å². The van der Waals surface area contributed by atoms with Gasteiger partial charge in [-0.05, 0) is 57.5 Å². The van der Waals surface area contributed by atoms with Gasteiger partial charge in [-0.2, -0.15) is 0 Å². The number of pyridine rings is 1. The number of anilines is 1. The van der Waals surface area contributed by atoms with Crippen LogP contribution in [0.3, 0.4) is 0 Å². The molecule has 0 aliphatic heterocycles. The van der Waals surface area contributed by atoms with Crippen LogP contribution in [-0.4, -0.2) is 27.4 Å². The Balaban J connectivity index is 1.84. The van der Waals surface area contributed by atoms with E-state index in [0.717, 1.165) is 16.6 Å². The van der Waals surface area contributed by atoms with Gasteiger partial charge in [0.05, 0.1) is 17.4 Å². The van der Waals surface area contributed by atoms with Crippen molar-refractivity contribution in [2.75, 3.05) is 5.32 Å². The summed E-state index contributed by atoms with van der Waals surface area (Å²) in [6, 6.07) is 8.67. The first-order chi connectivity index (χ1) is 12.2. The van der Waals surface area contributed by atoms with Gasteiger partial charge in [0.25, 0.3) is 5.91 Å². The molecule has 0 aliphatic rings. The van der Waals surface area contributed by atoms with E-state index in [0.29, 0.717) is 16.8 Å². The lowest BCUT2D eigenvalue weighted by molar-refractivity contribution is 0.00695. The van der Waals surface area contributed by atoms with Crippen LogP contribution in [-0.2, 0) is 4.74 Å². The van der Waals surface area contributed by atoms with Crippen molar-refractivity contribution in [2.24, 2.45) is 0 Å². The molecule has 0 aliphatic carbocycles. The third-order valence-electron chi connectivity index (χ3n) is 3.77. The van der Waals surface area contributed by atoms with E-state index in [2.05, 4.69) is 15.3 Å². The molecule has 0 fully saturated rings. The van der Waals surface area contributed by atoms with E-state index < -0.39 is 11.6 Å². The Morgan fingerprint density at radius 3 is 2.65 bits per heavy atom. The average Bonchev–Trinajstić information content (AvgIpc) is 3.01. The van der Waals surface area contributed by atoms with Gasteiger partial charge in [-0.3, -0.25) is 4.79 Å². The fourth-order valence-electron chi connectivity index (χ4n) is 2.54. The summed E-state index contributed by atoms with van der Waals surface area (Å²) < 4.78 is 5.37. The fraction of sp³-hybridized carbons (Fsp3) is 0.250. The monoisotopic (exact) mass is 351 g/mol. The molecule has 1 aromatic carbocycles. The molecule has 3 aromatic rings. The number of carbonyl (C=O) groups is 2. The number of ether oxygens (including phenoxy) is 1. The van der Waals surface area contributed by atoms with Crippen LogP contribution in [0.25, 0.3) is 11.0 Å². The maximum Gasteiger partial charge on any atom is 0.338 e. The Hall–Kier alpha value is -3.15. The van der Waals surface area contributed by atoms with Crippen molar-refractivity contribution in [1.82, 2.24) is 9.97 Å². The number of benzene rings is 1. The van der Waals surface area contributed by atoms with Crippen molar-refractivity contribution < 1.29 is 14.3 Å². The number of aromatic amines is 1. The van der Waals surface area contributed by atoms with Gasteiger partial charge in [0.1, 0.15) is 11.2 Å². The number of aromatic nitrogens is 2. The molecular weight excluding hydrogens is 330 g/mol. The van der Waals surface area contributed by atoms with Crippen LogP contribution in [0.2, 0.25) is 0 Å². The van der Waals surface area contributed by atoms with Crippen molar-refractivity contribution in [2.45, 2.75) is 33.3 Å². The van der Waals surface area contributed by atoms with Crippen LogP contribution in [0.4, 0.5) is 5.69 Å². The van der Waals surface area contributed by atoms with E-state index in [1.54, 1.807) is 51.4 Å². The molecule has 0 atom stereocenters. The normalized spacial score (nSPS) is 11.4. The quantitative estimate of drug-likeness (QED) is 0.697. The first-order valence-electron chi connectivity index (χ1n) is 8.31. The molecule has 6 heteroatoms. The highest BCUT2D eigenvalue weighted by Crippen LogP contribution is 2.19. The van der Waals surface area contributed by atoms with Gasteiger partial charge < -0.3 is 15.0 Å². The molecule has 26 heavy (non-hydrogen) atoms. The second-order valence-electron chi connectivity index (χ2n) is 7.13. The molecule has 0 saturated heterocycles. The first-order valence-corrected chi connectivity index (χ1v) is 8.31. The first kappa shape index (κ1) is 17.7. The minimum absolute atomic E-state index is 0.301. The van der Waals surface area contributed by atoms with Crippen molar-refractivity contribution in [3.8, 4) is 0 Å². The fourth-order valence-corrected chi connectivity index (χ4v) is 2.54. The second-order valence-corrected chi connectivity index (χ2v) is 7.13. The third-order valence-corrected chi connectivity index (χ3v) is 3.77. The number of rotatable bonds is 3. The maximum atomic E-state index is 12.7. The number of H-pyrrole nitrogens is 1. The number of esters is 1. The zero-order valence-corrected chi connectivity index (χ0v) is 15.2. The molecule has 1 amide bonds. The summed E-state index contributed by atoms with van der Waals surface area (Å²) >= 11 is 0. The largest absolute Gasteiger partial charge is 0.456 e. The minimum Gasteiger partial charge on any atom is -0.456 e. The Bertz CT molecular complexity index is 983. The predicted molar refractivity (Wildman–Crippen MR) is 100 cm³/mol. The summed E-state index contributed by atoms with van der Waals surface area (Å²) in [5.41, 5.74) is 2.28. The summed E-state index contributed by atoms with van der Waals surface area (Å²) in [4.78, 5) is 32.2. The molecule has 2 heterocycles. The SMILES string of the molecule is Cc1ccc(C(=O)OC(C)(C)C)cc1C(=O)Nc1cnc2[nH]ccc2c1.